The van der Waals surface area contributed by atoms with Gasteiger partial charge in [-0.15, -0.1) is 0 Å². The van der Waals surface area contributed by atoms with Crippen LogP contribution in [0.25, 0.3) is 11.3 Å². The Morgan fingerprint density at radius 3 is 2.85 bits per heavy atom. The zero-order valence-electron chi connectivity index (χ0n) is 11.6. The second-order valence-electron chi connectivity index (χ2n) is 5.21. The lowest BCUT2D eigenvalue weighted by molar-refractivity contribution is 0.768. The Balaban J connectivity index is 1.75. The van der Waals surface area contributed by atoms with Gasteiger partial charge < -0.3 is 5.73 Å². The molecule has 0 radical (unpaired) electrons. The molecule has 0 saturated heterocycles. The molecule has 6 heteroatoms. The van der Waals surface area contributed by atoms with E-state index in [1.54, 1.807) is 16.9 Å². The molecular formula is C14H19N5S. The summed E-state index contributed by atoms with van der Waals surface area (Å²) in [5, 5.41) is 4.94. The van der Waals surface area contributed by atoms with Gasteiger partial charge in [-0.05, 0) is 12.8 Å². The smallest absolute Gasteiger partial charge is 0.141 e. The summed E-state index contributed by atoms with van der Waals surface area (Å²) in [4.78, 5) is 8.96. The Labute approximate surface area is 123 Å². The van der Waals surface area contributed by atoms with E-state index in [0.717, 1.165) is 28.1 Å². The van der Waals surface area contributed by atoms with Crippen molar-refractivity contribution in [2.24, 2.45) is 7.05 Å². The third kappa shape index (κ3) is 3.12. The predicted molar refractivity (Wildman–Crippen MR) is 82.2 cm³/mol. The first-order chi connectivity index (χ1) is 9.70. The molecule has 1 aliphatic rings. The van der Waals surface area contributed by atoms with Crippen molar-refractivity contribution in [3.63, 3.8) is 0 Å². The number of nitrogen functional groups attached to an aromatic ring is 1. The molecule has 2 N–H and O–H groups in total. The molecule has 2 heterocycles. The van der Waals surface area contributed by atoms with Crippen molar-refractivity contribution < 1.29 is 0 Å². The van der Waals surface area contributed by atoms with E-state index < -0.39 is 0 Å². The molecule has 2 aromatic rings. The Hall–Kier alpha value is -1.56. The van der Waals surface area contributed by atoms with E-state index >= 15 is 0 Å². The van der Waals surface area contributed by atoms with Crippen LogP contribution < -0.4 is 5.73 Å². The molecule has 0 unspecified atom stereocenters. The SMILES string of the molecule is Cn1cc(-c2cc(N)nc(CSC3CCCC3)n2)cn1. The van der Waals surface area contributed by atoms with Crippen molar-refractivity contribution >= 4 is 17.6 Å². The summed E-state index contributed by atoms with van der Waals surface area (Å²) in [6.45, 7) is 0. The van der Waals surface area contributed by atoms with Crippen molar-refractivity contribution in [1.29, 1.82) is 0 Å². The van der Waals surface area contributed by atoms with Gasteiger partial charge in [0.25, 0.3) is 0 Å². The molecule has 1 fully saturated rings. The van der Waals surface area contributed by atoms with Gasteiger partial charge in [0.2, 0.25) is 0 Å². The fourth-order valence-corrected chi connectivity index (χ4v) is 3.71. The van der Waals surface area contributed by atoms with Gasteiger partial charge in [0.15, 0.2) is 0 Å². The minimum absolute atomic E-state index is 0.529. The molecule has 0 atom stereocenters. The van der Waals surface area contributed by atoms with Crippen LogP contribution in [-0.4, -0.2) is 25.0 Å². The quantitative estimate of drug-likeness (QED) is 0.937. The van der Waals surface area contributed by atoms with Crippen molar-refractivity contribution in [3.05, 3.63) is 24.3 Å². The number of nitrogens with two attached hydrogens (primary N) is 1. The Morgan fingerprint density at radius 1 is 1.35 bits per heavy atom. The van der Waals surface area contributed by atoms with Gasteiger partial charge in [0, 0.05) is 30.1 Å². The summed E-state index contributed by atoms with van der Waals surface area (Å²) in [5.41, 5.74) is 7.73. The van der Waals surface area contributed by atoms with Crippen molar-refractivity contribution in [2.75, 3.05) is 5.73 Å². The van der Waals surface area contributed by atoms with Crippen LogP contribution in [0.15, 0.2) is 18.5 Å². The number of aromatic nitrogens is 4. The summed E-state index contributed by atoms with van der Waals surface area (Å²) in [7, 11) is 1.89. The molecule has 0 aromatic carbocycles. The third-order valence-corrected chi connectivity index (χ3v) is 4.91. The number of thioether (sulfide) groups is 1. The van der Waals surface area contributed by atoms with Gasteiger partial charge in [0.1, 0.15) is 11.6 Å². The second-order valence-corrected chi connectivity index (χ2v) is 6.50. The van der Waals surface area contributed by atoms with E-state index in [9.17, 15) is 0 Å². The van der Waals surface area contributed by atoms with Crippen LogP contribution in [0.2, 0.25) is 0 Å². The first-order valence-corrected chi connectivity index (χ1v) is 7.99. The number of aryl methyl sites for hydroxylation is 1. The van der Waals surface area contributed by atoms with E-state index in [2.05, 4.69) is 15.1 Å². The number of hydrogen-bond acceptors (Lipinski definition) is 5. The van der Waals surface area contributed by atoms with Crippen LogP contribution in [0.1, 0.15) is 31.5 Å². The zero-order chi connectivity index (χ0) is 13.9. The highest BCUT2D eigenvalue weighted by molar-refractivity contribution is 7.99. The minimum Gasteiger partial charge on any atom is -0.384 e. The molecule has 5 nitrogen and oxygen atoms in total. The molecular weight excluding hydrogens is 270 g/mol. The minimum atomic E-state index is 0.529. The van der Waals surface area contributed by atoms with Gasteiger partial charge in [-0.3, -0.25) is 4.68 Å². The molecule has 2 aromatic heterocycles. The van der Waals surface area contributed by atoms with Crippen LogP contribution in [0.4, 0.5) is 5.82 Å². The number of anilines is 1. The third-order valence-electron chi connectivity index (χ3n) is 3.54. The molecule has 0 bridgehead atoms. The van der Waals surface area contributed by atoms with Gasteiger partial charge >= 0.3 is 0 Å². The average molecular weight is 289 g/mol. The highest BCUT2D eigenvalue weighted by atomic mass is 32.2. The van der Waals surface area contributed by atoms with Crippen LogP contribution in [0, 0.1) is 0 Å². The monoisotopic (exact) mass is 289 g/mol. The van der Waals surface area contributed by atoms with Gasteiger partial charge in [-0.2, -0.15) is 16.9 Å². The van der Waals surface area contributed by atoms with Crippen molar-refractivity contribution in [3.8, 4) is 11.3 Å². The summed E-state index contributed by atoms with van der Waals surface area (Å²) < 4.78 is 1.76. The Kier molecular flexibility index (Phi) is 3.91. The molecule has 3 rings (SSSR count). The fraction of sp³-hybridized carbons (Fsp3) is 0.500. The van der Waals surface area contributed by atoms with E-state index in [-0.39, 0.29) is 0 Å². The summed E-state index contributed by atoms with van der Waals surface area (Å²) in [6.07, 6.45) is 9.10. The van der Waals surface area contributed by atoms with Crippen LogP contribution in [0.5, 0.6) is 0 Å². The first-order valence-electron chi connectivity index (χ1n) is 6.95. The molecule has 0 aliphatic heterocycles. The molecule has 1 saturated carbocycles. The molecule has 0 amide bonds. The maximum absolute atomic E-state index is 5.90. The summed E-state index contributed by atoms with van der Waals surface area (Å²) in [5.74, 6) is 2.19. The lowest BCUT2D eigenvalue weighted by Gasteiger charge is -2.08. The molecule has 20 heavy (non-hydrogen) atoms. The molecule has 106 valence electrons. The van der Waals surface area contributed by atoms with Gasteiger partial charge in [-0.25, -0.2) is 9.97 Å². The average Bonchev–Trinajstić information content (AvgIpc) is 3.07. The van der Waals surface area contributed by atoms with Crippen molar-refractivity contribution in [2.45, 2.75) is 36.7 Å². The normalized spacial score (nSPS) is 15.8. The van der Waals surface area contributed by atoms with Crippen LogP contribution in [-0.2, 0) is 12.8 Å². The molecule has 1 aliphatic carbocycles. The standard InChI is InChI=1S/C14H19N5S/c1-19-8-10(7-16-19)12-6-13(15)18-14(17-12)9-20-11-4-2-3-5-11/h6-8,11H,2-5,9H2,1H3,(H2,15,17,18). The van der Waals surface area contributed by atoms with E-state index in [1.807, 2.05) is 25.0 Å². The van der Waals surface area contributed by atoms with Crippen LogP contribution in [0.3, 0.4) is 0 Å². The lowest BCUT2D eigenvalue weighted by atomic mass is 10.2. The number of rotatable bonds is 4. The highest BCUT2D eigenvalue weighted by Crippen LogP contribution is 2.31. The topological polar surface area (TPSA) is 69.6 Å². The lowest BCUT2D eigenvalue weighted by Crippen LogP contribution is -2.02. The number of nitrogens with zero attached hydrogens (tertiary/aromatic N) is 4. The zero-order valence-corrected chi connectivity index (χ0v) is 12.4. The summed E-state index contributed by atoms with van der Waals surface area (Å²) >= 11 is 1.95. The predicted octanol–water partition coefficient (Wildman–Crippen LogP) is 2.64. The maximum atomic E-state index is 5.90. The van der Waals surface area contributed by atoms with Gasteiger partial charge in [-0.1, -0.05) is 12.8 Å². The fourth-order valence-electron chi connectivity index (χ4n) is 2.53. The first kappa shape index (κ1) is 13.4. The van der Waals surface area contributed by atoms with E-state index in [4.69, 9.17) is 5.73 Å². The molecule has 0 spiro atoms. The number of hydrogen-bond donors (Lipinski definition) is 1. The highest BCUT2D eigenvalue weighted by Gasteiger charge is 2.16. The summed E-state index contributed by atoms with van der Waals surface area (Å²) in [6, 6.07) is 1.81. The largest absolute Gasteiger partial charge is 0.384 e. The van der Waals surface area contributed by atoms with E-state index in [0.29, 0.717) is 5.82 Å². The Bertz CT molecular complexity index is 589. The van der Waals surface area contributed by atoms with E-state index in [1.165, 1.54) is 25.7 Å². The van der Waals surface area contributed by atoms with Crippen molar-refractivity contribution in [1.82, 2.24) is 19.7 Å². The second kappa shape index (κ2) is 5.83. The van der Waals surface area contributed by atoms with Gasteiger partial charge in [0.05, 0.1) is 17.6 Å². The maximum Gasteiger partial charge on any atom is 0.141 e. The Morgan fingerprint density at radius 2 is 2.15 bits per heavy atom. The van der Waals surface area contributed by atoms with Crippen LogP contribution >= 0.6 is 11.8 Å².